The molecule has 6 nitrogen and oxygen atoms in total. The molecule has 3 rings (SSSR count). The number of nitrogens with one attached hydrogen (secondary N) is 1. The van der Waals surface area contributed by atoms with Crippen LogP contribution in [0.5, 0.6) is 5.75 Å². The highest BCUT2D eigenvalue weighted by Crippen LogP contribution is 2.30. The molecule has 1 fully saturated rings. The van der Waals surface area contributed by atoms with Gasteiger partial charge in [-0.2, -0.15) is 4.31 Å². The zero-order valence-corrected chi connectivity index (χ0v) is 16.8. The van der Waals surface area contributed by atoms with Crippen LogP contribution < -0.4 is 10.1 Å². The fraction of sp³-hybridized carbons (Fsp3) is 0.316. The predicted octanol–water partition coefficient (Wildman–Crippen LogP) is 3.53. The zero-order chi connectivity index (χ0) is 20.3. The lowest BCUT2D eigenvalue weighted by Gasteiger charge is -2.31. The summed E-state index contributed by atoms with van der Waals surface area (Å²) < 4.78 is 45.2. The number of rotatable bonds is 5. The third kappa shape index (κ3) is 4.45. The number of nitrogens with zero attached hydrogens (tertiary/aromatic N) is 1. The standard InChI is InChI=1S/C19H20ClFN2O4S/c1-27-18-9-4-14(20)11-17(18)22-19(24)13-3-2-10-23(12-13)28(25,26)16-7-5-15(21)6-8-16/h4-9,11,13H,2-3,10,12H2,1H3,(H,22,24)/t13-/m1/s1. The van der Waals surface area contributed by atoms with Crippen LogP contribution in [0.15, 0.2) is 47.4 Å². The van der Waals surface area contributed by atoms with Crippen LogP contribution >= 0.6 is 11.6 Å². The second kappa shape index (κ2) is 8.46. The second-order valence-electron chi connectivity index (χ2n) is 6.49. The monoisotopic (exact) mass is 426 g/mol. The maximum Gasteiger partial charge on any atom is 0.243 e. The Morgan fingerprint density at radius 1 is 1.25 bits per heavy atom. The van der Waals surface area contributed by atoms with Gasteiger partial charge in [0.1, 0.15) is 11.6 Å². The number of hydrogen-bond donors (Lipinski definition) is 1. The molecule has 0 saturated carbocycles. The average Bonchev–Trinajstić information content (AvgIpc) is 2.68. The summed E-state index contributed by atoms with van der Waals surface area (Å²) in [5.41, 5.74) is 0.429. The number of benzene rings is 2. The van der Waals surface area contributed by atoms with Gasteiger partial charge in [0.2, 0.25) is 15.9 Å². The molecule has 0 aliphatic carbocycles. The maximum atomic E-state index is 13.1. The maximum absolute atomic E-state index is 13.1. The minimum atomic E-state index is -3.80. The fourth-order valence-electron chi connectivity index (χ4n) is 3.14. The highest BCUT2D eigenvalue weighted by Gasteiger charge is 2.33. The molecule has 1 atom stereocenters. The van der Waals surface area contributed by atoms with Gasteiger partial charge in [-0.25, -0.2) is 12.8 Å². The third-order valence-corrected chi connectivity index (χ3v) is 6.74. The summed E-state index contributed by atoms with van der Waals surface area (Å²) in [4.78, 5) is 12.7. The Bertz CT molecular complexity index is 966. The Hall–Kier alpha value is -2.16. The molecule has 0 unspecified atom stereocenters. The number of carbonyl (C=O) groups is 1. The van der Waals surface area contributed by atoms with E-state index in [1.54, 1.807) is 18.2 Å². The summed E-state index contributed by atoms with van der Waals surface area (Å²) in [6, 6.07) is 9.53. The number of piperidine rings is 1. The molecule has 1 aliphatic rings. The smallest absolute Gasteiger partial charge is 0.243 e. The summed E-state index contributed by atoms with van der Waals surface area (Å²) in [7, 11) is -2.31. The fourth-order valence-corrected chi connectivity index (χ4v) is 4.84. The van der Waals surface area contributed by atoms with Gasteiger partial charge in [-0.15, -0.1) is 0 Å². The molecular formula is C19H20ClFN2O4S. The van der Waals surface area contributed by atoms with Crippen LogP contribution in [0.1, 0.15) is 12.8 Å². The molecule has 0 spiro atoms. The van der Waals surface area contributed by atoms with E-state index in [1.165, 1.54) is 23.5 Å². The highest BCUT2D eigenvalue weighted by atomic mass is 35.5. The number of sulfonamides is 1. The van der Waals surface area contributed by atoms with Crippen LogP contribution in [0, 0.1) is 11.7 Å². The van der Waals surface area contributed by atoms with E-state index < -0.39 is 21.8 Å². The Kier molecular flexibility index (Phi) is 6.22. The van der Waals surface area contributed by atoms with Crippen molar-refractivity contribution < 1.29 is 22.3 Å². The van der Waals surface area contributed by atoms with Gasteiger partial charge in [-0.3, -0.25) is 4.79 Å². The van der Waals surface area contributed by atoms with Crippen molar-refractivity contribution in [1.82, 2.24) is 4.31 Å². The zero-order valence-electron chi connectivity index (χ0n) is 15.2. The molecule has 1 aliphatic heterocycles. The van der Waals surface area contributed by atoms with Crippen molar-refractivity contribution in [1.29, 1.82) is 0 Å². The molecule has 2 aromatic rings. The largest absolute Gasteiger partial charge is 0.495 e. The number of ether oxygens (including phenoxy) is 1. The lowest BCUT2D eigenvalue weighted by molar-refractivity contribution is -0.120. The number of amides is 1. The van der Waals surface area contributed by atoms with Crippen LogP contribution in [0.2, 0.25) is 5.02 Å². The van der Waals surface area contributed by atoms with E-state index in [2.05, 4.69) is 5.32 Å². The number of carbonyl (C=O) groups excluding carboxylic acids is 1. The summed E-state index contributed by atoms with van der Waals surface area (Å²) in [6.07, 6.45) is 1.11. The van der Waals surface area contributed by atoms with Crippen molar-refractivity contribution in [3.8, 4) is 5.75 Å². The summed E-state index contributed by atoms with van der Waals surface area (Å²) in [5.74, 6) is -0.873. The Morgan fingerprint density at radius 3 is 2.64 bits per heavy atom. The average molecular weight is 427 g/mol. The molecule has 1 N–H and O–H groups in total. The Balaban J connectivity index is 1.75. The number of halogens is 2. The van der Waals surface area contributed by atoms with Crippen molar-refractivity contribution in [3.05, 3.63) is 53.3 Å². The van der Waals surface area contributed by atoms with E-state index >= 15 is 0 Å². The first-order chi connectivity index (χ1) is 13.3. The molecule has 28 heavy (non-hydrogen) atoms. The van der Waals surface area contributed by atoms with E-state index in [-0.39, 0.29) is 17.3 Å². The van der Waals surface area contributed by atoms with Gasteiger partial charge in [0, 0.05) is 18.1 Å². The lowest BCUT2D eigenvalue weighted by Crippen LogP contribution is -2.43. The molecule has 2 aromatic carbocycles. The minimum Gasteiger partial charge on any atom is -0.495 e. The molecule has 1 saturated heterocycles. The molecule has 0 aromatic heterocycles. The van der Waals surface area contributed by atoms with Gasteiger partial charge in [0.25, 0.3) is 0 Å². The van der Waals surface area contributed by atoms with Gasteiger partial charge >= 0.3 is 0 Å². The van der Waals surface area contributed by atoms with Gasteiger partial charge in [-0.05, 0) is 55.3 Å². The molecule has 0 bridgehead atoms. The summed E-state index contributed by atoms with van der Waals surface area (Å²) in [6.45, 7) is 0.360. The van der Waals surface area contributed by atoms with Crippen molar-refractivity contribution in [2.45, 2.75) is 17.7 Å². The van der Waals surface area contributed by atoms with Crippen molar-refractivity contribution in [2.24, 2.45) is 5.92 Å². The predicted molar refractivity (Wildman–Crippen MR) is 105 cm³/mol. The van der Waals surface area contributed by atoms with Crippen LogP contribution in [0.25, 0.3) is 0 Å². The van der Waals surface area contributed by atoms with E-state index in [0.717, 1.165) is 12.1 Å². The van der Waals surface area contributed by atoms with Crippen LogP contribution in [-0.2, 0) is 14.8 Å². The van der Waals surface area contributed by atoms with Crippen LogP contribution in [0.3, 0.4) is 0 Å². The first kappa shape index (κ1) is 20.6. The molecule has 1 heterocycles. The normalized spacial score (nSPS) is 17.9. The second-order valence-corrected chi connectivity index (χ2v) is 8.86. The topological polar surface area (TPSA) is 75.7 Å². The number of anilines is 1. The van der Waals surface area contributed by atoms with E-state index in [1.807, 2.05) is 0 Å². The van der Waals surface area contributed by atoms with Crippen LogP contribution in [-0.4, -0.2) is 38.8 Å². The summed E-state index contributed by atoms with van der Waals surface area (Å²) in [5, 5.41) is 3.22. The van der Waals surface area contributed by atoms with Gasteiger partial charge in [-0.1, -0.05) is 11.6 Å². The van der Waals surface area contributed by atoms with Crippen molar-refractivity contribution in [2.75, 3.05) is 25.5 Å². The van der Waals surface area contributed by atoms with Crippen molar-refractivity contribution in [3.63, 3.8) is 0 Å². The lowest BCUT2D eigenvalue weighted by atomic mass is 9.98. The molecule has 1 amide bonds. The van der Waals surface area contributed by atoms with Gasteiger partial charge in [0.15, 0.2) is 0 Å². The first-order valence-corrected chi connectivity index (χ1v) is 10.5. The van der Waals surface area contributed by atoms with E-state index in [9.17, 15) is 17.6 Å². The van der Waals surface area contributed by atoms with Gasteiger partial charge in [0.05, 0.1) is 23.6 Å². The van der Waals surface area contributed by atoms with Crippen molar-refractivity contribution >= 4 is 33.2 Å². The Labute approximate surface area is 168 Å². The molecular weight excluding hydrogens is 407 g/mol. The molecule has 9 heteroatoms. The third-order valence-electron chi connectivity index (χ3n) is 4.63. The highest BCUT2D eigenvalue weighted by molar-refractivity contribution is 7.89. The van der Waals surface area contributed by atoms with E-state index in [4.69, 9.17) is 16.3 Å². The van der Waals surface area contributed by atoms with E-state index in [0.29, 0.717) is 35.8 Å². The van der Waals surface area contributed by atoms with Gasteiger partial charge < -0.3 is 10.1 Å². The SMILES string of the molecule is COc1ccc(Cl)cc1NC(=O)[C@@H]1CCCN(S(=O)(=O)c2ccc(F)cc2)C1. The summed E-state index contributed by atoms with van der Waals surface area (Å²) >= 11 is 5.98. The molecule has 150 valence electrons. The first-order valence-electron chi connectivity index (χ1n) is 8.71. The van der Waals surface area contributed by atoms with Crippen LogP contribution in [0.4, 0.5) is 10.1 Å². The number of methoxy groups -OCH3 is 1. The Morgan fingerprint density at radius 2 is 1.96 bits per heavy atom. The quantitative estimate of drug-likeness (QED) is 0.793. The molecule has 0 radical (unpaired) electrons. The number of hydrogen-bond acceptors (Lipinski definition) is 4. The minimum absolute atomic E-state index is 0.00599.